The van der Waals surface area contributed by atoms with Gasteiger partial charge in [0.25, 0.3) is 0 Å². The third-order valence-corrected chi connectivity index (χ3v) is 3.15. The maximum absolute atomic E-state index is 11.0. The van der Waals surface area contributed by atoms with E-state index in [2.05, 4.69) is 26.0 Å². The van der Waals surface area contributed by atoms with Crippen molar-refractivity contribution in [1.82, 2.24) is 5.32 Å². The van der Waals surface area contributed by atoms with Crippen LogP contribution in [0.25, 0.3) is 0 Å². The highest BCUT2D eigenvalue weighted by Crippen LogP contribution is 2.36. The minimum absolute atomic E-state index is 0.171. The maximum Gasteiger partial charge on any atom is 0.319 e. The van der Waals surface area contributed by atoms with Gasteiger partial charge in [-0.1, -0.05) is 6.92 Å². The second kappa shape index (κ2) is 8.81. The smallest absolute Gasteiger partial charge is 0.319 e. The summed E-state index contributed by atoms with van der Waals surface area (Å²) in [7, 11) is 2.97. The van der Waals surface area contributed by atoms with Crippen molar-refractivity contribution in [2.75, 3.05) is 27.4 Å². The molecule has 6 heteroatoms. The summed E-state index contributed by atoms with van der Waals surface area (Å²) < 4.78 is 16.4. The molecule has 0 aliphatic carbocycles. The average molecular weight is 346 g/mol. The minimum Gasteiger partial charge on any atom is -0.493 e. The number of esters is 1. The van der Waals surface area contributed by atoms with E-state index in [0.717, 1.165) is 16.5 Å². The van der Waals surface area contributed by atoms with Gasteiger partial charge in [0.05, 0.1) is 31.8 Å². The standard InChI is InChI=1S/C14H20BrNO4/c1-4-5-20-14-11(15)6-10(7-12(14)18-2)8-16-9-13(17)19-3/h6-7,16H,4-5,8-9H2,1-3H3. The average Bonchev–Trinajstić information content (AvgIpc) is 2.45. The molecule has 0 saturated heterocycles. The molecular weight excluding hydrogens is 326 g/mol. The Bertz CT molecular complexity index is 451. The summed E-state index contributed by atoms with van der Waals surface area (Å²) in [5.74, 6) is 1.08. The zero-order valence-electron chi connectivity index (χ0n) is 12.0. The highest BCUT2D eigenvalue weighted by atomic mass is 79.9. The van der Waals surface area contributed by atoms with Crippen molar-refractivity contribution < 1.29 is 19.0 Å². The number of benzene rings is 1. The molecule has 0 radical (unpaired) electrons. The van der Waals surface area contributed by atoms with Crippen LogP contribution in [0.5, 0.6) is 11.5 Å². The molecule has 0 unspecified atom stereocenters. The summed E-state index contributed by atoms with van der Waals surface area (Å²) in [6, 6.07) is 3.83. The topological polar surface area (TPSA) is 56.8 Å². The molecule has 0 spiro atoms. The quantitative estimate of drug-likeness (QED) is 0.733. The number of ether oxygens (including phenoxy) is 3. The van der Waals surface area contributed by atoms with Crippen LogP contribution in [-0.4, -0.2) is 33.3 Å². The maximum atomic E-state index is 11.0. The Morgan fingerprint density at radius 3 is 2.70 bits per heavy atom. The van der Waals surface area contributed by atoms with Crippen LogP contribution in [0, 0.1) is 0 Å². The van der Waals surface area contributed by atoms with E-state index in [-0.39, 0.29) is 12.5 Å². The van der Waals surface area contributed by atoms with Crippen molar-refractivity contribution in [3.63, 3.8) is 0 Å². The van der Waals surface area contributed by atoms with E-state index in [1.165, 1.54) is 7.11 Å². The van der Waals surface area contributed by atoms with E-state index < -0.39 is 0 Å². The molecule has 0 bridgehead atoms. The van der Waals surface area contributed by atoms with Crippen molar-refractivity contribution in [2.45, 2.75) is 19.9 Å². The van der Waals surface area contributed by atoms with Gasteiger partial charge in [-0.05, 0) is 40.0 Å². The first-order valence-corrected chi connectivity index (χ1v) is 7.18. The number of hydrogen-bond donors (Lipinski definition) is 1. The molecule has 0 atom stereocenters. The molecule has 0 heterocycles. The Morgan fingerprint density at radius 2 is 2.10 bits per heavy atom. The van der Waals surface area contributed by atoms with Crippen molar-refractivity contribution in [2.24, 2.45) is 0 Å². The van der Waals surface area contributed by atoms with Gasteiger partial charge in [0.2, 0.25) is 0 Å². The van der Waals surface area contributed by atoms with Crippen molar-refractivity contribution in [1.29, 1.82) is 0 Å². The minimum atomic E-state index is -0.293. The predicted octanol–water partition coefficient (Wildman–Crippen LogP) is 2.51. The van der Waals surface area contributed by atoms with E-state index in [9.17, 15) is 4.79 Å². The van der Waals surface area contributed by atoms with Gasteiger partial charge in [0.15, 0.2) is 11.5 Å². The molecule has 0 fully saturated rings. The van der Waals surface area contributed by atoms with E-state index in [1.54, 1.807) is 7.11 Å². The second-order valence-corrected chi connectivity index (χ2v) is 4.99. The SMILES string of the molecule is CCCOc1c(Br)cc(CNCC(=O)OC)cc1OC. The summed E-state index contributed by atoms with van der Waals surface area (Å²) in [5, 5.41) is 3.00. The lowest BCUT2D eigenvalue weighted by molar-refractivity contribution is -0.139. The fourth-order valence-electron chi connectivity index (χ4n) is 1.60. The lowest BCUT2D eigenvalue weighted by Gasteiger charge is -2.14. The van der Waals surface area contributed by atoms with Crippen LogP contribution in [0.1, 0.15) is 18.9 Å². The molecule has 0 aliphatic heterocycles. The Kier molecular flexibility index (Phi) is 7.40. The number of nitrogens with one attached hydrogen (secondary N) is 1. The lowest BCUT2D eigenvalue weighted by atomic mass is 10.2. The van der Waals surface area contributed by atoms with Crippen LogP contribution in [0.2, 0.25) is 0 Å². The van der Waals surface area contributed by atoms with Crippen LogP contribution in [0.15, 0.2) is 16.6 Å². The van der Waals surface area contributed by atoms with Gasteiger partial charge in [-0.3, -0.25) is 4.79 Å². The Labute approximate surface area is 127 Å². The molecule has 1 N–H and O–H groups in total. The summed E-state index contributed by atoms with van der Waals surface area (Å²) >= 11 is 3.48. The van der Waals surface area contributed by atoms with Crippen molar-refractivity contribution in [3.05, 3.63) is 22.2 Å². The van der Waals surface area contributed by atoms with Crippen LogP contribution >= 0.6 is 15.9 Å². The van der Waals surface area contributed by atoms with E-state index in [4.69, 9.17) is 9.47 Å². The number of halogens is 1. The Morgan fingerprint density at radius 1 is 1.35 bits per heavy atom. The normalized spacial score (nSPS) is 10.2. The molecule has 0 saturated carbocycles. The number of methoxy groups -OCH3 is 2. The summed E-state index contributed by atoms with van der Waals surface area (Å²) in [4.78, 5) is 11.0. The number of hydrogen-bond acceptors (Lipinski definition) is 5. The molecule has 1 aromatic rings. The fraction of sp³-hybridized carbons (Fsp3) is 0.500. The van der Waals surface area contributed by atoms with E-state index in [1.807, 2.05) is 19.1 Å². The van der Waals surface area contributed by atoms with Gasteiger partial charge in [0.1, 0.15) is 0 Å². The highest BCUT2D eigenvalue weighted by Gasteiger charge is 2.11. The van der Waals surface area contributed by atoms with Crippen molar-refractivity contribution >= 4 is 21.9 Å². The van der Waals surface area contributed by atoms with Crippen LogP contribution in [-0.2, 0) is 16.1 Å². The molecule has 5 nitrogen and oxygen atoms in total. The van der Waals surface area contributed by atoms with Gasteiger partial charge in [-0.25, -0.2) is 0 Å². The molecule has 0 aromatic heterocycles. The van der Waals surface area contributed by atoms with Crippen LogP contribution in [0.4, 0.5) is 0 Å². The first-order valence-electron chi connectivity index (χ1n) is 6.39. The Balaban J connectivity index is 2.74. The first-order chi connectivity index (χ1) is 9.62. The van der Waals surface area contributed by atoms with Gasteiger partial charge >= 0.3 is 5.97 Å². The number of rotatable bonds is 8. The van der Waals surface area contributed by atoms with Crippen molar-refractivity contribution in [3.8, 4) is 11.5 Å². The molecule has 0 amide bonds. The van der Waals surface area contributed by atoms with E-state index >= 15 is 0 Å². The predicted molar refractivity (Wildman–Crippen MR) is 80.2 cm³/mol. The Hall–Kier alpha value is -1.27. The third-order valence-electron chi connectivity index (χ3n) is 2.57. The zero-order chi connectivity index (χ0) is 15.0. The highest BCUT2D eigenvalue weighted by molar-refractivity contribution is 9.10. The third kappa shape index (κ3) is 5.02. The largest absolute Gasteiger partial charge is 0.493 e. The van der Waals surface area contributed by atoms with Crippen LogP contribution < -0.4 is 14.8 Å². The van der Waals surface area contributed by atoms with Gasteiger partial charge in [0, 0.05) is 6.54 Å². The van der Waals surface area contributed by atoms with Gasteiger partial charge < -0.3 is 19.5 Å². The molecular formula is C14H20BrNO4. The summed E-state index contributed by atoms with van der Waals surface area (Å²) in [6.07, 6.45) is 0.929. The van der Waals surface area contributed by atoms with Crippen LogP contribution in [0.3, 0.4) is 0 Å². The zero-order valence-corrected chi connectivity index (χ0v) is 13.6. The molecule has 0 aliphatic rings. The van der Waals surface area contributed by atoms with Gasteiger partial charge in [-0.2, -0.15) is 0 Å². The summed E-state index contributed by atoms with van der Waals surface area (Å²) in [6.45, 7) is 3.39. The molecule has 112 valence electrons. The first kappa shape index (κ1) is 16.8. The molecule has 1 rings (SSSR count). The fourth-order valence-corrected chi connectivity index (χ4v) is 2.20. The molecule has 1 aromatic carbocycles. The summed E-state index contributed by atoms with van der Waals surface area (Å²) in [5.41, 5.74) is 0.987. The number of carbonyl (C=O) groups excluding carboxylic acids is 1. The van der Waals surface area contributed by atoms with Gasteiger partial charge in [-0.15, -0.1) is 0 Å². The molecule has 20 heavy (non-hydrogen) atoms. The number of carbonyl (C=O) groups is 1. The lowest BCUT2D eigenvalue weighted by Crippen LogP contribution is -2.23. The second-order valence-electron chi connectivity index (χ2n) is 4.14. The van der Waals surface area contributed by atoms with E-state index in [0.29, 0.717) is 24.7 Å². The monoisotopic (exact) mass is 345 g/mol.